The van der Waals surface area contributed by atoms with Gasteiger partial charge in [0.1, 0.15) is 5.78 Å². The summed E-state index contributed by atoms with van der Waals surface area (Å²) in [5, 5.41) is 0. The third kappa shape index (κ3) is 2.96. The molecule has 34 heavy (non-hydrogen) atoms. The van der Waals surface area contributed by atoms with Crippen molar-refractivity contribution in [1.29, 1.82) is 0 Å². The minimum absolute atomic E-state index is 0.162. The predicted octanol–water partition coefficient (Wildman–Crippen LogP) is 6.25. The number of nitrogens with zero attached hydrogens (tertiary/aromatic N) is 2. The summed E-state index contributed by atoms with van der Waals surface area (Å²) in [6.07, 6.45) is 13.5. The first-order valence-electron chi connectivity index (χ1n) is 14.0. The molecular weight excluding hydrogens is 420 g/mol. The van der Waals surface area contributed by atoms with Crippen molar-refractivity contribution >= 4 is 11.6 Å². The molecule has 0 spiro atoms. The summed E-state index contributed by atoms with van der Waals surface area (Å²) in [6.45, 7) is 8.21. The number of Topliss-reactive ketones (excluding diaryl/α,β-unsaturated/α-hetero) is 2. The minimum Gasteiger partial charge on any atom is -0.345 e. The second kappa shape index (κ2) is 8.24. The van der Waals surface area contributed by atoms with Crippen molar-refractivity contribution in [2.45, 2.75) is 123 Å². The Morgan fingerprint density at radius 1 is 0.794 bits per heavy atom. The molecule has 0 amide bonds. The lowest BCUT2D eigenvalue weighted by atomic mass is 9.76. The molecule has 4 nitrogen and oxygen atoms in total. The molecule has 0 saturated carbocycles. The lowest BCUT2D eigenvalue weighted by Gasteiger charge is -2.24. The Kier molecular flexibility index (Phi) is 5.42. The molecule has 0 aromatic carbocycles. The maximum absolute atomic E-state index is 14.3. The molecule has 4 atom stereocenters. The Bertz CT molecular complexity index is 1170. The number of carbonyl (C=O) groups is 2. The normalized spacial score (nSPS) is 24.1. The molecule has 4 heteroatoms. The second-order valence-electron chi connectivity index (χ2n) is 11.4. The largest absolute Gasteiger partial charge is 0.345 e. The highest BCUT2D eigenvalue weighted by Crippen LogP contribution is 2.47. The predicted molar refractivity (Wildman–Crippen MR) is 135 cm³/mol. The van der Waals surface area contributed by atoms with Crippen LogP contribution in [0.4, 0.5) is 0 Å². The molecule has 6 rings (SSSR count). The number of hydrogen-bond donors (Lipinski definition) is 0. The van der Waals surface area contributed by atoms with Crippen molar-refractivity contribution in [2.24, 2.45) is 5.92 Å². The average Bonchev–Trinajstić information content (AvgIpc) is 3.59. The first kappa shape index (κ1) is 22.4. The summed E-state index contributed by atoms with van der Waals surface area (Å²) < 4.78 is 5.15. The molecule has 2 unspecified atom stereocenters. The molecular formula is C30H40N2O2. The first-order valence-corrected chi connectivity index (χ1v) is 14.0. The number of hydrogen-bond acceptors (Lipinski definition) is 2. The third-order valence-corrected chi connectivity index (χ3v) is 9.76. The summed E-state index contributed by atoms with van der Waals surface area (Å²) in [7, 11) is 0. The molecule has 0 radical (unpaired) electrons. The van der Waals surface area contributed by atoms with Crippen LogP contribution in [0.5, 0.6) is 0 Å². The fourth-order valence-electron chi connectivity index (χ4n) is 8.48. The van der Waals surface area contributed by atoms with E-state index in [0.717, 1.165) is 44.1 Å². The molecule has 0 aliphatic carbocycles. The first-order chi connectivity index (χ1) is 16.5. The third-order valence-electron chi connectivity index (χ3n) is 9.76. The van der Waals surface area contributed by atoms with Crippen LogP contribution in [0.1, 0.15) is 134 Å². The van der Waals surface area contributed by atoms with Crippen LogP contribution in [0.3, 0.4) is 0 Å². The van der Waals surface area contributed by atoms with Gasteiger partial charge in [0.15, 0.2) is 5.78 Å². The van der Waals surface area contributed by atoms with Crippen molar-refractivity contribution in [3.63, 3.8) is 0 Å². The molecule has 0 saturated heterocycles. The van der Waals surface area contributed by atoms with Crippen LogP contribution >= 0.6 is 0 Å². The fraction of sp³-hybridized carbons (Fsp3) is 0.667. The van der Waals surface area contributed by atoms with E-state index in [1.807, 2.05) is 0 Å². The van der Waals surface area contributed by atoms with Gasteiger partial charge in [-0.3, -0.25) is 9.59 Å². The summed E-state index contributed by atoms with van der Waals surface area (Å²) in [4.78, 5) is 27.7. The molecule has 182 valence electrons. The van der Waals surface area contributed by atoms with Crippen LogP contribution in [-0.4, -0.2) is 20.7 Å². The SMILES string of the molecule is CCc1c(C(=O)C(C)C(C(C)=O)c2c(CC)c3n4c2CC[C@H]4CCC3)c2n3c1CCC[C@@H]3CC2. The van der Waals surface area contributed by atoms with E-state index in [9.17, 15) is 9.59 Å². The number of aromatic nitrogens is 2. The van der Waals surface area contributed by atoms with Gasteiger partial charge in [-0.15, -0.1) is 0 Å². The van der Waals surface area contributed by atoms with Crippen molar-refractivity contribution in [3.8, 4) is 0 Å². The van der Waals surface area contributed by atoms with Crippen LogP contribution in [0.15, 0.2) is 0 Å². The molecule has 0 bridgehead atoms. The zero-order chi connectivity index (χ0) is 23.7. The Labute approximate surface area is 204 Å². The van der Waals surface area contributed by atoms with E-state index < -0.39 is 0 Å². The van der Waals surface area contributed by atoms with E-state index in [1.165, 1.54) is 78.0 Å². The van der Waals surface area contributed by atoms with Crippen LogP contribution in [0.25, 0.3) is 0 Å². The maximum Gasteiger partial charge on any atom is 0.168 e. The molecule has 4 aliphatic rings. The van der Waals surface area contributed by atoms with Crippen molar-refractivity contribution in [3.05, 3.63) is 45.0 Å². The van der Waals surface area contributed by atoms with E-state index >= 15 is 0 Å². The Hall–Kier alpha value is -2.10. The van der Waals surface area contributed by atoms with Crippen molar-refractivity contribution < 1.29 is 9.59 Å². The van der Waals surface area contributed by atoms with E-state index in [0.29, 0.717) is 12.1 Å². The smallest absolute Gasteiger partial charge is 0.168 e. The summed E-state index contributed by atoms with van der Waals surface area (Å²) in [6, 6.07) is 1.20. The summed E-state index contributed by atoms with van der Waals surface area (Å²) >= 11 is 0. The zero-order valence-electron chi connectivity index (χ0n) is 21.5. The van der Waals surface area contributed by atoms with E-state index in [4.69, 9.17) is 0 Å². The van der Waals surface area contributed by atoms with Crippen LogP contribution in [0.2, 0.25) is 0 Å². The fourth-order valence-corrected chi connectivity index (χ4v) is 8.48. The minimum atomic E-state index is -0.319. The highest BCUT2D eigenvalue weighted by Gasteiger charge is 2.42. The molecule has 0 N–H and O–H groups in total. The molecule has 2 aromatic heterocycles. The van der Waals surface area contributed by atoms with Gasteiger partial charge in [-0.25, -0.2) is 0 Å². The van der Waals surface area contributed by atoms with Gasteiger partial charge in [-0.1, -0.05) is 20.8 Å². The van der Waals surface area contributed by atoms with Gasteiger partial charge in [0, 0.05) is 46.3 Å². The number of ketones is 2. The second-order valence-corrected chi connectivity index (χ2v) is 11.4. The standard InChI is InChI=1S/C30H40N2O2/c1-5-21-23-11-7-9-19-13-15-25(31(19)23)28(21)27(18(4)33)17(3)30(34)29-22(6-2)24-12-8-10-20-14-16-26(29)32(20)24/h17,19-20,27H,5-16H2,1-4H3/t17?,19-,20-,27?/m1/s1. The van der Waals surface area contributed by atoms with E-state index in [2.05, 4.69) is 29.9 Å². The number of carbonyl (C=O) groups excluding carboxylic acids is 2. The van der Waals surface area contributed by atoms with Crippen LogP contribution in [0, 0.1) is 5.92 Å². The Balaban J connectivity index is 1.46. The van der Waals surface area contributed by atoms with Crippen LogP contribution in [-0.2, 0) is 43.3 Å². The van der Waals surface area contributed by atoms with Crippen molar-refractivity contribution in [2.75, 3.05) is 0 Å². The Morgan fingerprint density at radius 2 is 1.35 bits per heavy atom. The molecule has 6 heterocycles. The quantitative estimate of drug-likeness (QED) is 0.458. The van der Waals surface area contributed by atoms with Crippen LogP contribution < -0.4 is 0 Å². The summed E-state index contributed by atoms with van der Waals surface area (Å²) in [5.74, 6) is -0.245. The van der Waals surface area contributed by atoms with Crippen molar-refractivity contribution in [1.82, 2.24) is 9.13 Å². The molecule has 4 aliphatic heterocycles. The zero-order valence-corrected chi connectivity index (χ0v) is 21.5. The van der Waals surface area contributed by atoms with Gasteiger partial charge in [-0.05, 0) is 101 Å². The lowest BCUT2D eigenvalue weighted by Crippen LogP contribution is -2.27. The van der Waals surface area contributed by atoms with Gasteiger partial charge in [0.05, 0.1) is 5.92 Å². The topological polar surface area (TPSA) is 44.0 Å². The average molecular weight is 461 g/mol. The van der Waals surface area contributed by atoms with Gasteiger partial charge in [-0.2, -0.15) is 0 Å². The Morgan fingerprint density at radius 3 is 1.94 bits per heavy atom. The maximum atomic E-state index is 14.3. The van der Waals surface area contributed by atoms with E-state index in [-0.39, 0.29) is 23.4 Å². The van der Waals surface area contributed by atoms with Gasteiger partial charge in [0.25, 0.3) is 0 Å². The van der Waals surface area contributed by atoms with Gasteiger partial charge in [0.2, 0.25) is 0 Å². The highest BCUT2D eigenvalue weighted by molar-refractivity contribution is 6.04. The van der Waals surface area contributed by atoms with Gasteiger partial charge >= 0.3 is 0 Å². The lowest BCUT2D eigenvalue weighted by molar-refractivity contribution is -0.119. The molecule has 0 fully saturated rings. The van der Waals surface area contributed by atoms with Gasteiger partial charge < -0.3 is 9.13 Å². The van der Waals surface area contributed by atoms with E-state index in [1.54, 1.807) is 6.92 Å². The molecule has 2 aromatic rings. The number of rotatable bonds is 7. The highest BCUT2D eigenvalue weighted by atomic mass is 16.1. The monoisotopic (exact) mass is 460 g/mol. The summed E-state index contributed by atoms with van der Waals surface area (Å²) in [5.41, 5.74) is 10.5.